The summed E-state index contributed by atoms with van der Waals surface area (Å²) in [5.41, 5.74) is 1.07. The predicted molar refractivity (Wildman–Crippen MR) is 92.5 cm³/mol. The molecule has 0 saturated carbocycles. The van der Waals surface area contributed by atoms with E-state index in [0.717, 1.165) is 10.8 Å². The van der Waals surface area contributed by atoms with Gasteiger partial charge >= 0.3 is 0 Å². The molecule has 0 radical (unpaired) electrons. The molecule has 2 aliphatic rings. The van der Waals surface area contributed by atoms with E-state index in [1.165, 1.54) is 0 Å². The number of carbonyl (C=O) groups excluding carboxylic acids is 1. The quantitative estimate of drug-likeness (QED) is 0.747. The van der Waals surface area contributed by atoms with Crippen molar-refractivity contribution in [2.45, 2.75) is 25.4 Å². The van der Waals surface area contributed by atoms with Gasteiger partial charge < -0.3 is 9.47 Å². The number of sulfonamides is 1. The molecule has 2 aliphatic heterocycles. The Balaban J connectivity index is 1.58. The van der Waals surface area contributed by atoms with Gasteiger partial charge in [-0.1, -0.05) is 18.2 Å². The molecule has 1 aromatic carbocycles. The molecule has 0 aromatic heterocycles. The van der Waals surface area contributed by atoms with Crippen molar-refractivity contribution in [3.63, 3.8) is 0 Å². The molecule has 25 heavy (non-hydrogen) atoms. The lowest BCUT2D eigenvalue weighted by molar-refractivity contribution is -0.176. The van der Waals surface area contributed by atoms with Gasteiger partial charge in [-0.2, -0.15) is 0 Å². The summed E-state index contributed by atoms with van der Waals surface area (Å²) < 4.78 is 36.9. The molecule has 2 heterocycles. The summed E-state index contributed by atoms with van der Waals surface area (Å²) in [4.78, 5) is 14.7. The molecule has 7 nitrogen and oxygen atoms in total. The van der Waals surface area contributed by atoms with Crippen LogP contribution in [0.15, 0.2) is 24.3 Å². The first kappa shape index (κ1) is 18.3. The minimum absolute atomic E-state index is 0.112. The van der Waals surface area contributed by atoms with Crippen molar-refractivity contribution in [3.8, 4) is 0 Å². The fraction of sp³-hybridized carbons (Fsp3) is 0.588. The highest BCUT2D eigenvalue weighted by Gasteiger charge is 2.35. The van der Waals surface area contributed by atoms with Crippen LogP contribution in [-0.4, -0.2) is 69.2 Å². The molecule has 1 saturated heterocycles. The first-order valence-corrected chi connectivity index (χ1v) is 10.2. The topological polar surface area (TPSA) is 76.2 Å². The van der Waals surface area contributed by atoms with Crippen LogP contribution in [0, 0.1) is 0 Å². The zero-order valence-corrected chi connectivity index (χ0v) is 15.2. The normalized spacial score (nSPS) is 23.5. The van der Waals surface area contributed by atoms with Gasteiger partial charge in [0.25, 0.3) is 5.91 Å². The van der Waals surface area contributed by atoms with Gasteiger partial charge in [-0.15, -0.1) is 0 Å². The van der Waals surface area contributed by atoms with E-state index in [4.69, 9.17) is 9.47 Å². The van der Waals surface area contributed by atoms with Gasteiger partial charge in [0.15, 0.2) is 6.29 Å². The van der Waals surface area contributed by atoms with E-state index in [9.17, 15) is 13.2 Å². The molecule has 1 aromatic rings. The van der Waals surface area contributed by atoms with Gasteiger partial charge in [0, 0.05) is 38.3 Å². The van der Waals surface area contributed by atoms with Crippen molar-refractivity contribution in [3.05, 3.63) is 35.4 Å². The number of fused-ring (bicyclic) bond motifs is 1. The maximum absolute atomic E-state index is 12.5. The Morgan fingerprint density at radius 3 is 2.88 bits per heavy atom. The third kappa shape index (κ3) is 4.20. The molecule has 1 fully saturated rings. The van der Waals surface area contributed by atoms with Crippen molar-refractivity contribution >= 4 is 15.9 Å². The molecule has 1 atom stereocenters. The van der Waals surface area contributed by atoms with Crippen LogP contribution in [0.4, 0.5) is 0 Å². The van der Waals surface area contributed by atoms with Crippen LogP contribution in [0.5, 0.6) is 0 Å². The highest BCUT2D eigenvalue weighted by Crippen LogP contribution is 2.24. The standard InChI is InChI=1S/C17H24N2O5S/c1-2-23-16-12-18(10-11-24-16)8-5-9-19-17(20)15-7-4-3-6-14(15)13-25(19,21)22/h3-4,6-7,16H,2,5,8-13H2,1H3. The fourth-order valence-corrected chi connectivity index (χ4v) is 4.79. The molecule has 1 amide bonds. The number of hydrogen-bond donors (Lipinski definition) is 0. The molecule has 1 unspecified atom stereocenters. The van der Waals surface area contributed by atoms with Crippen molar-refractivity contribution in [1.82, 2.24) is 9.21 Å². The van der Waals surface area contributed by atoms with Gasteiger partial charge in [-0.25, -0.2) is 12.7 Å². The maximum Gasteiger partial charge on any atom is 0.267 e. The first-order chi connectivity index (χ1) is 12.0. The van der Waals surface area contributed by atoms with Gasteiger partial charge in [0.05, 0.1) is 12.4 Å². The molecule has 0 aliphatic carbocycles. The van der Waals surface area contributed by atoms with Crippen molar-refractivity contribution in [2.75, 3.05) is 39.4 Å². The molecule has 3 rings (SSSR count). The summed E-state index contributed by atoms with van der Waals surface area (Å²) in [5.74, 6) is -0.533. The molecule has 0 bridgehead atoms. The zero-order valence-electron chi connectivity index (χ0n) is 14.4. The minimum Gasteiger partial charge on any atom is -0.352 e. The fourth-order valence-electron chi connectivity index (χ4n) is 3.23. The van der Waals surface area contributed by atoms with Crippen LogP contribution in [0.2, 0.25) is 0 Å². The smallest absolute Gasteiger partial charge is 0.267 e. The monoisotopic (exact) mass is 368 g/mol. The van der Waals surface area contributed by atoms with Crippen LogP contribution in [0.1, 0.15) is 29.3 Å². The van der Waals surface area contributed by atoms with E-state index in [1.54, 1.807) is 24.3 Å². The number of rotatable bonds is 6. The van der Waals surface area contributed by atoms with Gasteiger partial charge in [0.2, 0.25) is 10.0 Å². The number of amides is 1. The Hall–Kier alpha value is -1.48. The van der Waals surface area contributed by atoms with Crippen molar-refractivity contribution in [2.24, 2.45) is 0 Å². The van der Waals surface area contributed by atoms with E-state index >= 15 is 0 Å². The van der Waals surface area contributed by atoms with Gasteiger partial charge in [0.1, 0.15) is 0 Å². The lowest BCUT2D eigenvalue weighted by Gasteiger charge is -2.33. The summed E-state index contributed by atoms with van der Waals surface area (Å²) in [6.07, 6.45) is 0.359. The second-order valence-corrected chi connectivity index (χ2v) is 8.09. The molecular weight excluding hydrogens is 344 g/mol. The average molecular weight is 368 g/mol. The summed E-state index contributed by atoms with van der Waals surface area (Å²) in [6, 6.07) is 6.90. The Morgan fingerprint density at radius 1 is 1.28 bits per heavy atom. The molecule has 8 heteroatoms. The van der Waals surface area contributed by atoms with E-state index < -0.39 is 15.9 Å². The van der Waals surface area contributed by atoms with Gasteiger partial charge in [-0.05, 0) is 25.0 Å². The Labute approximate surface area is 148 Å². The third-order valence-corrected chi connectivity index (χ3v) is 6.15. The maximum atomic E-state index is 12.5. The third-order valence-electron chi connectivity index (χ3n) is 4.45. The largest absolute Gasteiger partial charge is 0.352 e. The number of benzene rings is 1. The second kappa shape index (κ2) is 7.82. The van der Waals surface area contributed by atoms with Crippen LogP contribution in [0.25, 0.3) is 0 Å². The van der Waals surface area contributed by atoms with Crippen molar-refractivity contribution in [1.29, 1.82) is 0 Å². The summed E-state index contributed by atoms with van der Waals surface area (Å²) >= 11 is 0. The van der Waals surface area contributed by atoms with Crippen LogP contribution in [-0.2, 0) is 25.2 Å². The molecular formula is C17H24N2O5S. The number of carbonyl (C=O) groups is 1. The highest BCUT2D eigenvalue weighted by atomic mass is 32.2. The lowest BCUT2D eigenvalue weighted by atomic mass is 10.1. The SMILES string of the molecule is CCOC1CN(CCCN2C(=O)c3ccccc3CS2(=O)=O)CCO1. The van der Waals surface area contributed by atoms with Crippen LogP contribution in [0.3, 0.4) is 0 Å². The number of ether oxygens (including phenoxy) is 2. The molecule has 0 N–H and O–H groups in total. The van der Waals surface area contributed by atoms with Crippen LogP contribution >= 0.6 is 0 Å². The number of hydrogen-bond acceptors (Lipinski definition) is 6. The van der Waals surface area contributed by atoms with E-state index in [0.29, 0.717) is 43.9 Å². The van der Waals surface area contributed by atoms with Crippen molar-refractivity contribution < 1.29 is 22.7 Å². The predicted octanol–water partition coefficient (Wildman–Crippen LogP) is 1.06. The summed E-state index contributed by atoms with van der Waals surface area (Å²) in [7, 11) is -3.59. The second-order valence-electron chi connectivity index (χ2n) is 6.20. The Kier molecular flexibility index (Phi) is 5.73. The first-order valence-electron chi connectivity index (χ1n) is 8.59. The van der Waals surface area contributed by atoms with E-state index in [-0.39, 0.29) is 18.6 Å². The summed E-state index contributed by atoms with van der Waals surface area (Å²) in [6.45, 7) is 5.47. The Morgan fingerprint density at radius 2 is 2.08 bits per heavy atom. The number of nitrogens with zero attached hydrogens (tertiary/aromatic N) is 2. The minimum atomic E-state index is -3.59. The lowest BCUT2D eigenvalue weighted by Crippen LogP contribution is -2.46. The van der Waals surface area contributed by atoms with E-state index in [2.05, 4.69) is 4.90 Å². The highest BCUT2D eigenvalue weighted by molar-refractivity contribution is 7.89. The number of morpholine rings is 1. The average Bonchev–Trinajstić information content (AvgIpc) is 2.58. The van der Waals surface area contributed by atoms with Gasteiger partial charge in [-0.3, -0.25) is 9.69 Å². The molecule has 138 valence electrons. The Bertz CT molecular complexity index is 720. The van der Waals surface area contributed by atoms with E-state index in [1.807, 2.05) is 6.92 Å². The zero-order chi connectivity index (χ0) is 17.9. The summed E-state index contributed by atoms with van der Waals surface area (Å²) in [5, 5.41) is 0. The van der Waals surface area contributed by atoms with Crippen LogP contribution < -0.4 is 0 Å². The molecule has 0 spiro atoms.